The first kappa shape index (κ1) is 14.0. The fourth-order valence-corrected chi connectivity index (χ4v) is 1.87. The molecule has 1 aromatic carbocycles. The molecule has 0 aliphatic heterocycles. The number of anilines is 1. The lowest BCUT2D eigenvalue weighted by Gasteiger charge is -2.07. The molecule has 104 valence electrons. The highest BCUT2D eigenvalue weighted by molar-refractivity contribution is 5.56. The largest absolute Gasteiger partial charge is 0.386 e. The summed E-state index contributed by atoms with van der Waals surface area (Å²) in [5.74, 6) is -0.160. The Morgan fingerprint density at radius 3 is 2.55 bits per heavy atom. The van der Waals surface area contributed by atoms with E-state index in [1.54, 1.807) is 12.1 Å². The van der Waals surface area contributed by atoms with Crippen molar-refractivity contribution in [2.45, 2.75) is 13.0 Å². The minimum absolute atomic E-state index is 0.160. The summed E-state index contributed by atoms with van der Waals surface area (Å²) in [5.41, 5.74) is 8.14. The number of hydrogen-bond donors (Lipinski definition) is 2. The lowest BCUT2D eigenvalue weighted by atomic mass is 10.1. The minimum Gasteiger partial charge on any atom is -0.374 e. The first-order valence-electron chi connectivity index (χ1n) is 6.32. The Kier molecular flexibility index (Phi) is 4.62. The molecule has 0 radical (unpaired) electrons. The molecule has 0 aliphatic carbocycles. The van der Waals surface area contributed by atoms with Crippen LogP contribution in [0.5, 0.6) is 0 Å². The van der Waals surface area contributed by atoms with Crippen molar-refractivity contribution in [2.24, 2.45) is 5.73 Å². The van der Waals surface area contributed by atoms with Crippen LogP contribution in [-0.4, -0.2) is 16.5 Å². The van der Waals surface area contributed by atoms with Gasteiger partial charge < -0.3 is 21.2 Å². The molecule has 2 aromatic rings. The molecule has 2 rings (SSSR count). The lowest BCUT2D eigenvalue weighted by molar-refractivity contribution is -0.388. The minimum atomic E-state index is -0.493. The van der Waals surface area contributed by atoms with E-state index < -0.39 is 4.92 Å². The molecule has 0 bridgehead atoms. The summed E-state index contributed by atoms with van der Waals surface area (Å²) in [6.45, 7) is 1.13. The zero-order chi connectivity index (χ0) is 14.4. The monoisotopic (exact) mass is 272 g/mol. The molecular formula is C14H16N4O2. The summed E-state index contributed by atoms with van der Waals surface area (Å²) < 4.78 is 0. The molecule has 0 spiro atoms. The number of nitrogens with two attached hydrogens (primary N) is 1. The second-order valence-electron chi connectivity index (χ2n) is 4.34. The number of nitrogens with one attached hydrogen (secondary N) is 1. The maximum Gasteiger partial charge on any atom is 0.386 e. The number of hydrogen-bond acceptors (Lipinski definition) is 5. The zero-order valence-corrected chi connectivity index (χ0v) is 11.0. The number of benzene rings is 1. The van der Waals surface area contributed by atoms with Crippen molar-refractivity contribution < 1.29 is 4.92 Å². The molecule has 0 amide bonds. The molecule has 0 saturated heterocycles. The van der Waals surface area contributed by atoms with E-state index in [4.69, 9.17) is 5.73 Å². The molecule has 20 heavy (non-hydrogen) atoms. The molecule has 3 N–H and O–H groups in total. The van der Waals surface area contributed by atoms with Crippen molar-refractivity contribution >= 4 is 11.5 Å². The van der Waals surface area contributed by atoms with E-state index in [0.29, 0.717) is 18.8 Å². The van der Waals surface area contributed by atoms with Crippen molar-refractivity contribution in [1.29, 1.82) is 0 Å². The van der Waals surface area contributed by atoms with Crippen LogP contribution in [-0.2, 0) is 13.0 Å². The van der Waals surface area contributed by atoms with Gasteiger partial charge in [0.2, 0.25) is 0 Å². The topological polar surface area (TPSA) is 94.1 Å². The van der Waals surface area contributed by atoms with Crippen LogP contribution in [0.4, 0.5) is 11.5 Å². The fourth-order valence-electron chi connectivity index (χ4n) is 1.87. The summed E-state index contributed by atoms with van der Waals surface area (Å²) in [6, 6.07) is 11.3. The van der Waals surface area contributed by atoms with Gasteiger partial charge in [-0.1, -0.05) is 24.3 Å². The van der Waals surface area contributed by atoms with Crippen LogP contribution in [0.2, 0.25) is 0 Å². The van der Waals surface area contributed by atoms with Crippen molar-refractivity contribution in [3.8, 4) is 0 Å². The van der Waals surface area contributed by atoms with Crippen molar-refractivity contribution in [2.75, 3.05) is 11.9 Å². The number of nitro groups is 1. The summed E-state index contributed by atoms with van der Waals surface area (Å²) in [7, 11) is 0. The van der Waals surface area contributed by atoms with Gasteiger partial charge in [-0.15, -0.1) is 0 Å². The van der Waals surface area contributed by atoms with Crippen LogP contribution < -0.4 is 11.1 Å². The summed E-state index contributed by atoms with van der Waals surface area (Å²) in [5, 5.41) is 13.9. The standard InChI is InChI=1S/C14H16N4O2/c15-8-7-11-3-5-12(6-4-11)10-17-13-2-1-9-16-14(13)18(19)20/h1-6,9,17H,7-8,10,15H2. The molecule has 1 heterocycles. The third kappa shape index (κ3) is 3.52. The molecule has 0 saturated carbocycles. The Morgan fingerprint density at radius 1 is 1.20 bits per heavy atom. The van der Waals surface area contributed by atoms with E-state index in [-0.39, 0.29) is 5.82 Å². The van der Waals surface area contributed by atoms with Crippen molar-refractivity contribution in [3.63, 3.8) is 0 Å². The van der Waals surface area contributed by atoms with Gasteiger partial charge in [-0.2, -0.15) is 0 Å². The van der Waals surface area contributed by atoms with Crippen molar-refractivity contribution in [1.82, 2.24) is 4.98 Å². The van der Waals surface area contributed by atoms with Gasteiger partial charge in [0.1, 0.15) is 11.9 Å². The van der Waals surface area contributed by atoms with E-state index in [1.807, 2.05) is 24.3 Å². The van der Waals surface area contributed by atoms with Gasteiger partial charge >= 0.3 is 5.82 Å². The second-order valence-corrected chi connectivity index (χ2v) is 4.34. The SMILES string of the molecule is NCCc1ccc(CNc2cccnc2[N+](=O)[O-])cc1. The van der Waals surface area contributed by atoms with Gasteiger partial charge in [-0.05, 0) is 46.1 Å². The summed E-state index contributed by atoms with van der Waals surface area (Å²) >= 11 is 0. The quantitative estimate of drug-likeness (QED) is 0.620. The van der Waals surface area contributed by atoms with Crippen LogP contribution in [0, 0.1) is 10.1 Å². The smallest absolute Gasteiger partial charge is 0.374 e. The first-order valence-corrected chi connectivity index (χ1v) is 6.32. The van der Waals surface area contributed by atoms with Gasteiger partial charge in [-0.25, -0.2) is 0 Å². The predicted molar refractivity (Wildman–Crippen MR) is 77.4 cm³/mol. The highest BCUT2D eigenvalue weighted by Gasteiger charge is 2.13. The van der Waals surface area contributed by atoms with E-state index in [2.05, 4.69) is 10.3 Å². The number of pyridine rings is 1. The van der Waals surface area contributed by atoms with E-state index in [1.165, 1.54) is 11.8 Å². The molecule has 0 fully saturated rings. The van der Waals surface area contributed by atoms with Gasteiger partial charge in [0, 0.05) is 6.54 Å². The van der Waals surface area contributed by atoms with Crippen LogP contribution >= 0.6 is 0 Å². The summed E-state index contributed by atoms with van der Waals surface area (Å²) in [6.07, 6.45) is 2.26. The highest BCUT2D eigenvalue weighted by atomic mass is 16.6. The van der Waals surface area contributed by atoms with E-state index in [9.17, 15) is 10.1 Å². The summed E-state index contributed by atoms with van der Waals surface area (Å²) in [4.78, 5) is 14.1. The number of aromatic nitrogens is 1. The van der Waals surface area contributed by atoms with Crippen LogP contribution in [0.25, 0.3) is 0 Å². The van der Waals surface area contributed by atoms with E-state index >= 15 is 0 Å². The lowest BCUT2D eigenvalue weighted by Crippen LogP contribution is -2.05. The molecule has 0 unspecified atom stereocenters. The van der Waals surface area contributed by atoms with Crippen LogP contribution in [0.3, 0.4) is 0 Å². The molecule has 0 aliphatic rings. The van der Waals surface area contributed by atoms with Crippen LogP contribution in [0.1, 0.15) is 11.1 Å². The average Bonchev–Trinajstić information content (AvgIpc) is 2.47. The molecule has 1 aromatic heterocycles. The van der Waals surface area contributed by atoms with Gasteiger partial charge in [0.05, 0.1) is 0 Å². The Balaban J connectivity index is 2.03. The zero-order valence-electron chi connectivity index (χ0n) is 11.0. The number of nitrogens with zero attached hydrogens (tertiary/aromatic N) is 2. The molecule has 6 nitrogen and oxygen atoms in total. The maximum atomic E-state index is 10.8. The van der Waals surface area contributed by atoms with E-state index in [0.717, 1.165) is 12.0 Å². The Bertz CT molecular complexity index is 584. The molecule has 6 heteroatoms. The normalized spacial score (nSPS) is 10.2. The van der Waals surface area contributed by atoms with Crippen LogP contribution in [0.15, 0.2) is 42.6 Å². The number of rotatable bonds is 6. The molecular weight excluding hydrogens is 256 g/mol. The van der Waals surface area contributed by atoms with Gasteiger partial charge in [0.25, 0.3) is 0 Å². The maximum absolute atomic E-state index is 10.8. The Labute approximate surface area is 116 Å². The average molecular weight is 272 g/mol. The molecule has 0 atom stereocenters. The first-order chi connectivity index (χ1) is 9.70. The third-order valence-corrected chi connectivity index (χ3v) is 2.90. The second kappa shape index (κ2) is 6.63. The predicted octanol–water partition coefficient (Wildman–Crippen LogP) is 2.10. The fraction of sp³-hybridized carbons (Fsp3) is 0.214. The van der Waals surface area contributed by atoms with Gasteiger partial charge in [-0.3, -0.25) is 0 Å². The van der Waals surface area contributed by atoms with Gasteiger partial charge in [0.15, 0.2) is 0 Å². The highest BCUT2D eigenvalue weighted by Crippen LogP contribution is 2.20. The third-order valence-electron chi connectivity index (χ3n) is 2.90. The Morgan fingerprint density at radius 2 is 1.90 bits per heavy atom. The Hall–Kier alpha value is -2.47. The van der Waals surface area contributed by atoms with Crippen molar-refractivity contribution in [3.05, 3.63) is 63.8 Å².